The molecule has 5 nitrogen and oxygen atoms in total. The molecule has 0 fully saturated rings. The Hall–Kier alpha value is -2.40. The Bertz CT molecular complexity index is 706. The fraction of sp³-hybridized carbons (Fsp3) is 0.188. The zero-order valence-corrected chi connectivity index (χ0v) is 13.2. The maximum absolute atomic E-state index is 12.0. The highest BCUT2D eigenvalue weighted by Crippen LogP contribution is 2.35. The van der Waals surface area contributed by atoms with E-state index in [2.05, 4.69) is 5.32 Å². The van der Waals surface area contributed by atoms with Crippen molar-refractivity contribution in [2.45, 2.75) is 6.92 Å². The van der Waals surface area contributed by atoms with Gasteiger partial charge in [0.25, 0.3) is 0 Å². The molecule has 0 spiro atoms. The van der Waals surface area contributed by atoms with Crippen LogP contribution < -0.4 is 14.8 Å². The van der Waals surface area contributed by atoms with Crippen molar-refractivity contribution in [1.82, 2.24) is 0 Å². The third-order valence-electron chi connectivity index (χ3n) is 2.89. The number of carbonyl (C=O) groups excluding carboxylic acids is 1. The predicted molar refractivity (Wildman–Crippen MR) is 85.7 cm³/mol. The Morgan fingerprint density at radius 2 is 1.95 bits per heavy atom. The molecule has 1 aromatic carbocycles. The first kappa shape index (κ1) is 16.0. The van der Waals surface area contributed by atoms with E-state index >= 15 is 0 Å². The molecule has 0 unspecified atom stereocenters. The summed E-state index contributed by atoms with van der Waals surface area (Å²) in [6.07, 6.45) is 2.95. The molecule has 22 heavy (non-hydrogen) atoms. The molecule has 2 rings (SSSR count). The Morgan fingerprint density at radius 3 is 2.55 bits per heavy atom. The lowest BCUT2D eigenvalue weighted by atomic mass is 10.2. The van der Waals surface area contributed by atoms with Crippen LogP contribution >= 0.6 is 11.6 Å². The smallest absolute Gasteiger partial charge is 0.248 e. The molecule has 0 aliphatic carbocycles. The second-order valence-corrected chi connectivity index (χ2v) is 4.87. The molecule has 1 N–H and O–H groups in total. The van der Waals surface area contributed by atoms with Crippen molar-refractivity contribution in [3.63, 3.8) is 0 Å². The van der Waals surface area contributed by atoms with Gasteiger partial charge < -0.3 is 19.2 Å². The van der Waals surface area contributed by atoms with Gasteiger partial charge in [0.2, 0.25) is 5.91 Å². The zero-order valence-electron chi connectivity index (χ0n) is 12.5. The van der Waals surface area contributed by atoms with Crippen LogP contribution in [-0.2, 0) is 4.79 Å². The number of carbonyl (C=O) groups is 1. The summed E-state index contributed by atoms with van der Waals surface area (Å²) < 4.78 is 15.7. The van der Waals surface area contributed by atoms with Crippen LogP contribution in [0, 0.1) is 6.92 Å². The van der Waals surface area contributed by atoms with Crippen molar-refractivity contribution in [3.8, 4) is 11.5 Å². The first-order valence-corrected chi connectivity index (χ1v) is 6.88. The lowest BCUT2D eigenvalue weighted by molar-refractivity contribution is -0.111. The van der Waals surface area contributed by atoms with Crippen LogP contribution in [0.15, 0.2) is 34.8 Å². The molecule has 0 saturated carbocycles. The number of furan rings is 1. The van der Waals surface area contributed by atoms with Crippen molar-refractivity contribution < 1.29 is 18.7 Å². The van der Waals surface area contributed by atoms with Gasteiger partial charge in [-0.15, -0.1) is 0 Å². The van der Waals surface area contributed by atoms with E-state index in [-0.39, 0.29) is 5.91 Å². The van der Waals surface area contributed by atoms with Crippen LogP contribution in [-0.4, -0.2) is 20.1 Å². The minimum absolute atomic E-state index is 0.325. The third kappa shape index (κ3) is 3.83. The molecule has 116 valence electrons. The summed E-state index contributed by atoms with van der Waals surface area (Å²) in [5.74, 6) is 1.99. The van der Waals surface area contributed by atoms with E-state index in [1.54, 1.807) is 24.3 Å². The number of nitrogens with one attached hydrogen (secondary N) is 1. The molecule has 0 bridgehead atoms. The molecular formula is C16H16ClNO4. The van der Waals surface area contributed by atoms with E-state index in [9.17, 15) is 4.79 Å². The highest BCUT2D eigenvalue weighted by Gasteiger charge is 2.11. The Labute approximate surface area is 133 Å². The van der Waals surface area contributed by atoms with Gasteiger partial charge >= 0.3 is 0 Å². The molecule has 6 heteroatoms. The van der Waals surface area contributed by atoms with Gasteiger partial charge in [-0.05, 0) is 31.2 Å². The fourth-order valence-electron chi connectivity index (χ4n) is 1.83. The monoisotopic (exact) mass is 321 g/mol. The normalized spacial score (nSPS) is 10.7. The van der Waals surface area contributed by atoms with Gasteiger partial charge in [-0.2, -0.15) is 0 Å². The average Bonchev–Trinajstić information content (AvgIpc) is 2.91. The summed E-state index contributed by atoms with van der Waals surface area (Å²) in [6.45, 7) is 1.83. The maximum Gasteiger partial charge on any atom is 0.248 e. The highest BCUT2D eigenvalue weighted by atomic mass is 35.5. The van der Waals surface area contributed by atoms with Gasteiger partial charge in [0.1, 0.15) is 23.0 Å². The first-order chi connectivity index (χ1) is 10.5. The number of aryl methyl sites for hydroxylation is 1. The van der Waals surface area contributed by atoms with E-state index < -0.39 is 0 Å². The lowest BCUT2D eigenvalue weighted by Crippen LogP contribution is -2.09. The molecule has 0 saturated heterocycles. The predicted octanol–water partition coefficient (Wildman–Crippen LogP) is 3.91. The van der Waals surface area contributed by atoms with Crippen molar-refractivity contribution in [1.29, 1.82) is 0 Å². The number of hydrogen-bond donors (Lipinski definition) is 1. The quantitative estimate of drug-likeness (QED) is 0.848. The van der Waals surface area contributed by atoms with Crippen molar-refractivity contribution >= 4 is 29.3 Å². The van der Waals surface area contributed by atoms with E-state index in [0.29, 0.717) is 28.0 Å². The molecule has 0 radical (unpaired) electrons. The van der Waals surface area contributed by atoms with Crippen LogP contribution in [0.1, 0.15) is 11.5 Å². The number of anilines is 1. The number of ether oxygens (including phenoxy) is 2. The van der Waals surface area contributed by atoms with Gasteiger partial charge in [-0.25, -0.2) is 0 Å². The van der Waals surface area contributed by atoms with Gasteiger partial charge in [-0.3, -0.25) is 4.79 Å². The molecule has 0 aliphatic rings. The summed E-state index contributed by atoms with van der Waals surface area (Å²) in [6, 6.07) is 6.79. The van der Waals surface area contributed by atoms with E-state index in [1.807, 2.05) is 13.0 Å². The van der Waals surface area contributed by atoms with Crippen LogP contribution in [0.4, 0.5) is 5.69 Å². The largest absolute Gasteiger partial charge is 0.495 e. The minimum Gasteiger partial charge on any atom is -0.495 e. The highest BCUT2D eigenvalue weighted by molar-refractivity contribution is 6.32. The standard InChI is InChI=1S/C16H16ClNO4/c1-10-4-5-11(22-10)6-7-16(19)18-13-8-12(17)14(20-2)9-15(13)21-3/h4-9H,1-3H3,(H,18,19)/b7-6+. The summed E-state index contributed by atoms with van der Waals surface area (Å²) in [7, 11) is 3.01. The van der Waals surface area contributed by atoms with Crippen LogP contribution in [0.2, 0.25) is 5.02 Å². The van der Waals surface area contributed by atoms with Gasteiger partial charge in [0, 0.05) is 12.1 Å². The van der Waals surface area contributed by atoms with E-state index in [0.717, 1.165) is 5.76 Å². The number of hydrogen-bond acceptors (Lipinski definition) is 4. The second kappa shape index (κ2) is 7.04. The molecular weight excluding hydrogens is 306 g/mol. The summed E-state index contributed by atoms with van der Waals surface area (Å²) in [4.78, 5) is 12.0. The number of halogens is 1. The summed E-state index contributed by atoms with van der Waals surface area (Å²) in [5.41, 5.74) is 0.457. The van der Waals surface area contributed by atoms with Crippen molar-refractivity contribution in [2.75, 3.05) is 19.5 Å². The lowest BCUT2D eigenvalue weighted by Gasteiger charge is -2.12. The topological polar surface area (TPSA) is 60.7 Å². The number of amides is 1. The maximum atomic E-state index is 12.0. The molecule has 1 heterocycles. The molecule has 2 aromatic rings. The van der Waals surface area contributed by atoms with Crippen molar-refractivity contribution in [2.24, 2.45) is 0 Å². The summed E-state index contributed by atoms with van der Waals surface area (Å²) in [5, 5.41) is 3.08. The van der Waals surface area contributed by atoms with Gasteiger partial charge in [0.15, 0.2) is 0 Å². The number of methoxy groups -OCH3 is 2. The Kier molecular flexibility index (Phi) is 5.12. The fourth-order valence-corrected chi connectivity index (χ4v) is 2.07. The number of rotatable bonds is 5. The van der Waals surface area contributed by atoms with Crippen LogP contribution in [0.25, 0.3) is 6.08 Å². The number of benzene rings is 1. The van der Waals surface area contributed by atoms with E-state index in [4.69, 9.17) is 25.5 Å². The third-order valence-corrected chi connectivity index (χ3v) is 3.19. The first-order valence-electron chi connectivity index (χ1n) is 6.50. The molecule has 0 aliphatic heterocycles. The Balaban J connectivity index is 2.14. The minimum atomic E-state index is -0.325. The van der Waals surface area contributed by atoms with Crippen LogP contribution in [0.5, 0.6) is 11.5 Å². The molecule has 1 aromatic heterocycles. The SMILES string of the molecule is COc1cc(OC)c(NC(=O)/C=C/c2ccc(C)o2)cc1Cl. The Morgan fingerprint density at radius 1 is 1.23 bits per heavy atom. The van der Waals surface area contributed by atoms with Gasteiger partial charge in [0.05, 0.1) is 24.9 Å². The van der Waals surface area contributed by atoms with E-state index in [1.165, 1.54) is 20.3 Å². The average molecular weight is 322 g/mol. The molecule has 0 atom stereocenters. The van der Waals surface area contributed by atoms with Crippen LogP contribution in [0.3, 0.4) is 0 Å². The zero-order chi connectivity index (χ0) is 16.1. The molecule has 1 amide bonds. The second-order valence-electron chi connectivity index (χ2n) is 4.46. The summed E-state index contributed by atoms with van der Waals surface area (Å²) >= 11 is 6.05. The van der Waals surface area contributed by atoms with Gasteiger partial charge in [-0.1, -0.05) is 11.6 Å². The van der Waals surface area contributed by atoms with Crippen molar-refractivity contribution in [3.05, 3.63) is 46.9 Å².